The third-order valence-corrected chi connectivity index (χ3v) is 4.40. The Hall–Kier alpha value is -3.71. The zero-order chi connectivity index (χ0) is 19.4. The Balaban J connectivity index is 1.65. The first kappa shape index (κ1) is 18.1. The number of carbonyl (C=O) groups excluding carboxylic acids is 2. The molecule has 3 aromatic rings. The summed E-state index contributed by atoms with van der Waals surface area (Å²) in [6.07, 6.45) is 0. The van der Waals surface area contributed by atoms with E-state index < -0.39 is 36.1 Å². The topological polar surface area (TPSA) is 134 Å². The van der Waals surface area contributed by atoms with E-state index in [1.54, 1.807) is 23.6 Å². The Morgan fingerprint density at radius 2 is 1.96 bits per heavy atom. The van der Waals surface area contributed by atoms with Crippen LogP contribution in [0.5, 0.6) is 0 Å². The average Bonchev–Trinajstić information content (AvgIpc) is 3.11. The van der Waals surface area contributed by atoms with Crippen LogP contribution in [0, 0.1) is 11.3 Å². The lowest BCUT2D eigenvalue weighted by Gasteiger charge is -2.08. The SMILES string of the molecule is N#Cc1ccsc1NC(=O)COC(=O)Cn1[nH]c(=O)c2ccccc2c1=O. The first-order chi connectivity index (χ1) is 13.0. The van der Waals surface area contributed by atoms with Crippen molar-refractivity contribution in [3.63, 3.8) is 0 Å². The number of hydrogen-bond donors (Lipinski definition) is 2. The largest absolute Gasteiger partial charge is 0.454 e. The second kappa shape index (κ2) is 7.67. The fourth-order valence-electron chi connectivity index (χ4n) is 2.34. The molecule has 0 saturated carbocycles. The molecule has 0 radical (unpaired) electrons. The van der Waals surface area contributed by atoms with Crippen molar-refractivity contribution in [2.24, 2.45) is 0 Å². The van der Waals surface area contributed by atoms with Gasteiger partial charge in [-0.25, -0.2) is 4.68 Å². The molecular weight excluding hydrogens is 372 g/mol. The van der Waals surface area contributed by atoms with E-state index in [0.29, 0.717) is 10.6 Å². The Morgan fingerprint density at radius 1 is 1.22 bits per heavy atom. The van der Waals surface area contributed by atoms with Crippen LogP contribution in [-0.2, 0) is 20.9 Å². The number of nitrogens with one attached hydrogen (secondary N) is 2. The van der Waals surface area contributed by atoms with Gasteiger partial charge in [0.05, 0.1) is 16.3 Å². The molecule has 27 heavy (non-hydrogen) atoms. The molecule has 0 spiro atoms. The van der Waals surface area contributed by atoms with E-state index in [4.69, 9.17) is 10.00 Å². The molecule has 2 heterocycles. The maximum atomic E-state index is 12.3. The van der Waals surface area contributed by atoms with Gasteiger partial charge in [-0.3, -0.25) is 24.3 Å². The second-order valence-corrected chi connectivity index (χ2v) is 6.28. The standard InChI is InChI=1S/C17H12N4O5S/c18-7-10-5-6-27-16(10)19-13(22)9-26-14(23)8-21-17(25)12-4-2-1-3-11(12)15(24)20-21/h1-6H,8-9H2,(H,19,22)(H,20,24). The highest BCUT2D eigenvalue weighted by Gasteiger charge is 2.14. The number of H-pyrrole nitrogens is 1. The number of carbonyl (C=O) groups is 2. The van der Waals surface area contributed by atoms with Gasteiger partial charge in [0.2, 0.25) is 0 Å². The quantitative estimate of drug-likeness (QED) is 0.625. The van der Waals surface area contributed by atoms with Gasteiger partial charge >= 0.3 is 5.97 Å². The van der Waals surface area contributed by atoms with E-state index in [9.17, 15) is 19.2 Å². The zero-order valence-corrected chi connectivity index (χ0v) is 14.5. The number of amides is 1. The van der Waals surface area contributed by atoms with Crippen molar-refractivity contribution in [1.29, 1.82) is 5.26 Å². The van der Waals surface area contributed by atoms with Crippen molar-refractivity contribution < 1.29 is 14.3 Å². The molecule has 10 heteroatoms. The van der Waals surface area contributed by atoms with Crippen LogP contribution in [-0.4, -0.2) is 28.3 Å². The van der Waals surface area contributed by atoms with E-state index in [-0.39, 0.29) is 10.8 Å². The van der Waals surface area contributed by atoms with Gasteiger partial charge in [-0.15, -0.1) is 11.3 Å². The van der Waals surface area contributed by atoms with Crippen molar-refractivity contribution in [1.82, 2.24) is 9.78 Å². The van der Waals surface area contributed by atoms with Gasteiger partial charge in [0, 0.05) is 0 Å². The molecule has 0 saturated heterocycles. The summed E-state index contributed by atoms with van der Waals surface area (Å²) in [7, 11) is 0. The van der Waals surface area contributed by atoms with Crippen LogP contribution in [0.2, 0.25) is 0 Å². The number of rotatable bonds is 5. The normalized spacial score (nSPS) is 10.3. The van der Waals surface area contributed by atoms with Gasteiger partial charge in [0.25, 0.3) is 17.0 Å². The molecule has 2 aromatic heterocycles. The summed E-state index contributed by atoms with van der Waals surface area (Å²) < 4.78 is 5.66. The lowest BCUT2D eigenvalue weighted by Crippen LogP contribution is -2.33. The minimum absolute atomic E-state index is 0.175. The van der Waals surface area contributed by atoms with Crippen molar-refractivity contribution in [2.45, 2.75) is 6.54 Å². The Kier molecular flexibility index (Phi) is 5.14. The fourth-order valence-corrected chi connectivity index (χ4v) is 3.09. The van der Waals surface area contributed by atoms with Crippen LogP contribution in [0.15, 0.2) is 45.3 Å². The molecular formula is C17H12N4O5S. The van der Waals surface area contributed by atoms with Crippen LogP contribution in [0.3, 0.4) is 0 Å². The lowest BCUT2D eigenvalue weighted by atomic mass is 10.2. The minimum atomic E-state index is -0.870. The number of hydrogen-bond acceptors (Lipinski definition) is 7. The Bertz CT molecular complexity index is 1180. The number of thiophene rings is 1. The molecule has 2 N–H and O–H groups in total. The highest BCUT2D eigenvalue weighted by molar-refractivity contribution is 7.14. The predicted molar refractivity (Wildman–Crippen MR) is 97.5 cm³/mol. The van der Waals surface area contributed by atoms with Gasteiger partial charge in [-0.05, 0) is 23.6 Å². The van der Waals surface area contributed by atoms with E-state index in [2.05, 4.69) is 10.4 Å². The van der Waals surface area contributed by atoms with Crippen LogP contribution in [0.4, 0.5) is 5.00 Å². The van der Waals surface area contributed by atoms with E-state index in [0.717, 1.165) is 16.0 Å². The molecule has 0 bridgehead atoms. The number of benzene rings is 1. The number of aromatic amines is 1. The monoisotopic (exact) mass is 384 g/mol. The highest BCUT2D eigenvalue weighted by Crippen LogP contribution is 2.21. The number of anilines is 1. The summed E-state index contributed by atoms with van der Waals surface area (Å²) in [6, 6.07) is 9.69. The Morgan fingerprint density at radius 3 is 2.70 bits per heavy atom. The molecule has 0 aliphatic carbocycles. The molecule has 1 amide bonds. The molecule has 3 rings (SSSR count). The van der Waals surface area contributed by atoms with Crippen molar-refractivity contribution in [2.75, 3.05) is 11.9 Å². The predicted octanol–water partition coefficient (Wildman–Crippen LogP) is 0.805. The average molecular weight is 384 g/mol. The maximum Gasteiger partial charge on any atom is 0.328 e. The van der Waals surface area contributed by atoms with Crippen LogP contribution in [0.25, 0.3) is 10.8 Å². The maximum absolute atomic E-state index is 12.3. The molecule has 0 atom stereocenters. The van der Waals surface area contributed by atoms with E-state index in [1.165, 1.54) is 12.1 Å². The van der Waals surface area contributed by atoms with Crippen molar-refractivity contribution in [3.05, 3.63) is 62.0 Å². The van der Waals surface area contributed by atoms with Gasteiger partial charge in [0.1, 0.15) is 17.6 Å². The van der Waals surface area contributed by atoms with Crippen LogP contribution >= 0.6 is 11.3 Å². The van der Waals surface area contributed by atoms with Gasteiger partial charge in [0.15, 0.2) is 6.61 Å². The summed E-state index contributed by atoms with van der Waals surface area (Å²) in [5.41, 5.74) is -0.763. The number of ether oxygens (including phenoxy) is 1. The lowest BCUT2D eigenvalue weighted by molar-refractivity contribution is -0.148. The molecule has 0 fully saturated rings. The molecule has 1 aromatic carbocycles. The Labute approximate surface area is 155 Å². The van der Waals surface area contributed by atoms with Gasteiger partial charge in [-0.1, -0.05) is 12.1 Å². The number of esters is 1. The number of nitrogens with zero attached hydrogens (tertiary/aromatic N) is 2. The van der Waals surface area contributed by atoms with Crippen molar-refractivity contribution in [3.8, 4) is 6.07 Å². The van der Waals surface area contributed by atoms with Crippen LogP contribution in [0.1, 0.15) is 5.56 Å². The molecule has 9 nitrogen and oxygen atoms in total. The summed E-state index contributed by atoms with van der Waals surface area (Å²) >= 11 is 1.16. The van der Waals surface area contributed by atoms with Gasteiger partial charge in [-0.2, -0.15) is 5.26 Å². The van der Waals surface area contributed by atoms with Gasteiger partial charge < -0.3 is 10.1 Å². The first-order valence-electron chi connectivity index (χ1n) is 7.64. The smallest absolute Gasteiger partial charge is 0.328 e. The first-order valence-corrected chi connectivity index (χ1v) is 8.52. The fraction of sp³-hybridized carbons (Fsp3) is 0.118. The summed E-state index contributed by atoms with van der Waals surface area (Å²) in [4.78, 5) is 48.0. The number of aromatic nitrogens is 2. The molecule has 0 unspecified atom stereocenters. The number of fused-ring (bicyclic) bond motifs is 1. The van der Waals surface area contributed by atoms with Crippen LogP contribution < -0.4 is 16.4 Å². The highest BCUT2D eigenvalue weighted by atomic mass is 32.1. The van der Waals surface area contributed by atoms with Crippen molar-refractivity contribution >= 4 is 39.0 Å². The van der Waals surface area contributed by atoms with E-state index in [1.807, 2.05) is 6.07 Å². The second-order valence-electron chi connectivity index (χ2n) is 5.36. The number of nitriles is 1. The summed E-state index contributed by atoms with van der Waals surface area (Å²) in [5, 5.41) is 16.0. The molecule has 136 valence electrons. The third-order valence-electron chi connectivity index (χ3n) is 3.57. The summed E-state index contributed by atoms with van der Waals surface area (Å²) in [6.45, 7) is -1.14. The summed E-state index contributed by atoms with van der Waals surface area (Å²) in [5.74, 6) is -1.49. The third kappa shape index (κ3) is 3.94. The van der Waals surface area contributed by atoms with E-state index >= 15 is 0 Å². The molecule has 0 aliphatic heterocycles. The molecule has 0 aliphatic rings. The minimum Gasteiger partial charge on any atom is -0.454 e. The zero-order valence-electron chi connectivity index (χ0n) is 13.7.